The van der Waals surface area contributed by atoms with Crippen LogP contribution in [0.5, 0.6) is 0 Å². The topological polar surface area (TPSA) is 116 Å². The van der Waals surface area contributed by atoms with Gasteiger partial charge in [0.25, 0.3) is 10.0 Å². The molecule has 2 N–H and O–H groups in total. The van der Waals surface area contributed by atoms with Gasteiger partial charge >= 0.3 is 0 Å². The number of nitriles is 1. The van der Waals surface area contributed by atoms with Crippen molar-refractivity contribution in [3.63, 3.8) is 0 Å². The molecule has 0 saturated heterocycles. The van der Waals surface area contributed by atoms with Crippen LogP contribution in [0.1, 0.15) is 27.0 Å². The summed E-state index contributed by atoms with van der Waals surface area (Å²) in [7, 11) is -4.84. The van der Waals surface area contributed by atoms with E-state index in [1.807, 2.05) is 6.07 Å². The Labute approximate surface area is 189 Å². The lowest BCUT2D eigenvalue weighted by molar-refractivity contribution is 0.103. The van der Waals surface area contributed by atoms with Crippen LogP contribution in [0.3, 0.4) is 0 Å². The molecule has 0 unspecified atom stereocenters. The van der Waals surface area contributed by atoms with Gasteiger partial charge < -0.3 is 4.98 Å². The van der Waals surface area contributed by atoms with Gasteiger partial charge in [-0.05, 0) is 42.8 Å². The predicted octanol–water partition coefficient (Wildman–Crippen LogP) is 4.33. The molecule has 4 rings (SSSR count). The molecule has 0 aliphatic carbocycles. The third kappa shape index (κ3) is 3.75. The van der Waals surface area contributed by atoms with Gasteiger partial charge in [-0.3, -0.25) is 9.52 Å². The van der Waals surface area contributed by atoms with Crippen LogP contribution >= 0.6 is 0 Å². The molecule has 2 aromatic carbocycles. The molecular formula is C22H12F4N4O3S. The Balaban J connectivity index is 1.82. The predicted molar refractivity (Wildman–Crippen MR) is 113 cm³/mol. The Morgan fingerprint density at radius 2 is 1.82 bits per heavy atom. The molecule has 0 aliphatic heterocycles. The van der Waals surface area contributed by atoms with Gasteiger partial charge in [-0.15, -0.1) is 0 Å². The van der Waals surface area contributed by atoms with E-state index in [9.17, 15) is 31.6 Å². The standard InChI is InChI=1S/C22H12F4N4O3S/c1-10-11(7-27)8-28-22-18(10)13(9-29-22)21(31)19-15(25)4-5-16(20(19)26)30-34(32,33)17-6-12(23)2-3-14(17)24/h2-6,8-9,30H,1H3,(H,28,29). The number of anilines is 1. The zero-order chi connectivity index (χ0) is 24.8. The van der Waals surface area contributed by atoms with E-state index in [-0.39, 0.29) is 22.2 Å². The largest absolute Gasteiger partial charge is 0.345 e. The first kappa shape index (κ1) is 22.9. The first-order valence-electron chi connectivity index (χ1n) is 9.42. The summed E-state index contributed by atoms with van der Waals surface area (Å²) in [5.74, 6) is -6.38. The first-order valence-corrected chi connectivity index (χ1v) is 10.9. The first-order chi connectivity index (χ1) is 16.0. The Kier molecular flexibility index (Phi) is 5.58. The molecule has 34 heavy (non-hydrogen) atoms. The number of hydrogen-bond acceptors (Lipinski definition) is 5. The van der Waals surface area contributed by atoms with Gasteiger partial charge in [0.05, 0.1) is 22.4 Å². The number of ketones is 1. The fourth-order valence-corrected chi connectivity index (χ4v) is 4.55. The molecule has 12 heteroatoms. The molecule has 0 bridgehead atoms. The molecule has 0 saturated carbocycles. The summed E-state index contributed by atoms with van der Waals surface area (Å²) in [6, 6.07) is 4.90. The molecule has 0 fully saturated rings. The van der Waals surface area contributed by atoms with Crippen molar-refractivity contribution in [1.29, 1.82) is 5.26 Å². The maximum absolute atomic E-state index is 15.2. The number of nitrogens with one attached hydrogen (secondary N) is 2. The molecule has 2 aromatic heterocycles. The van der Waals surface area contributed by atoms with Gasteiger partial charge in [0.15, 0.2) is 5.82 Å². The highest BCUT2D eigenvalue weighted by molar-refractivity contribution is 7.92. The van der Waals surface area contributed by atoms with Crippen molar-refractivity contribution in [2.75, 3.05) is 4.72 Å². The van der Waals surface area contributed by atoms with E-state index in [1.165, 1.54) is 13.1 Å². The maximum Gasteiger partial charge on any atom is 0.265 e. The fraction of sp³-hybridized carbons (Fsp3) is 0.0455. The van der Waals surface area contributed by atoms with Crippen molar-refractivity contribution in [2.45, 2.75) is 11.8 Å². The number of benzene rings is 2. The van der Waals surface area contributed by atoms with Gasteiger partial charge in [-0.25, -0.2) is 31.0 Å². The second-order valence-corrected chi connectivity index (χ2v) is 8.78. The summed E-state index contributed by atoms with van der Waals surface area (Å²) < 4.78 is 83.9. The van der Waals surface area contributed by atoms with Crippen molar-refractivity contribution in [2.24, 2.45) is 0 Å². The minimum atomic E-state index is -4.84. The van der Waals surface area contributed by atoms with Crippen LogP contribution in [0.25, 0.3) is 11.0 Å². The average Bonchev–Trinajstić information content (AvgIpc) is 3.22. The number of aromatic nitrogens is 2. The molecule has 0 amide bonds. The minimum absolute atomic E-state index is 0.140. The van der Waals surface area contributed by atoms with E-state index in [2.05, 4.69) is 9.97 Å². The van der Waals surface area contributed by atoms with Gasteiger partial charge in [0.1, 0.15) is 34.1 Å². The van der Waals surface area contributed by atoms with E-state index in [4.69, 9.17) is 0 Å². The van der Waals surface area contributed by atoms with Crippen LogP contribution < -0.4 is 4.72 Å². The van der Waals surface area contributed by atoms with Crippen LogP contribution in [0.15, 0.2) is 47.6 Å². The molecule has 2 heterocycles. The van der Waals surface area contributed by atoms with Crippen LogP contribution in [0.4, 0.5) is 23.2 Å². The molecule has 0 atom stereocenters. The minimum Gasteiger partial charge on any atom is -0.345 e. The summed E-state index contributed by atoms with van der Waals surface area (Å²) in [6.45, 7) is 1.53. The van der Waals surface area contributed by atoms with E-state index in [0.29, 0.717) is 35.9 Å². The molecule has 0 aliphatic rings. The highest BCUT2D eigenvalue weighted by atomic mass is 32.2. The number of aryl methyl sites for hydroxylation is 1. The average molecular weight is 488 g/mol. The molecule has 4 aromatic rings. The van der Waals surface area contributed by atoms with Gasteiger partial charge in [0.2, 0.25) is 5.78 Å². The van der Waals surface area contributed by atoms with E-state index < -0.39 is 55.2 Å². The third-order valence-corrected chi connectivity index (χ3v) is 6.45. The molecule has 0 spiro atoms. The summed E-state index contributed by atoms with van der Waals surface area (Å²) in [5, 5.41) is 9.37. The molecule has 7 nitrogen and oxygen atoms in total. The fourth-order valence-electron chi connectivity index (χ4n) is 3.40. The smallest absolute Gasteiger partial charge is 0.265 e. The number of H-pyrrole nitrogens is 1. The summed E-state index contributed by atoms with van der Waals surface area (Å²) in [5.41, 5.74) is -1.48. The number of halogens is 4. The highest BCUT2D eigenvalue weighted by Crippen LogP contribution is 2.30. The SMILES string of the molecule is Cc1c(C#N)cnc2[nH]cc(C(=O)c3c(F)ccc(NS(=O)(=O)c4cc(F)ccc4F)c3F)c12. The van der Waals surface area contributed by atoms with Crippen molar-refractivity contribution < 1.29 is 30.8 Å². The number of hydrogen-bond donors (Lipinski definition) is 2. The Morgan fingerprint density at radius 3 is 2.53 bits per heavy atom. The number of nitrogens with zero attached hydrogens (tertiary/aromatic N) is 2. The van der Waals surface area contributed by atoms with Crippen molar-refractivity contribution in [1.82, 2.24) is 9.97 Å². The number of sulfonamides is 1. The van der Waals surface area contributed by atoms with Gasteiger partial charge in [-0.2, -0.15) is 5.26 Å². The van der Waals surface area contributed by atoms with Crippen molar-refractivity contribution in [3.8, 4) is 6.07 Å². The number of aromatic amines is 1. The second-order valence-electron chi connectivity index (χ2n) is 7.13. The van der Waals surface area contributed by atoms with Crippen molar-refractivity contribution in [3.05, 3.63) is 88.2 Å². The lowest BCUT2D eigenvalue weighted by atomic mass is 9.98. The third-order valence-electron chi connectivity index (χ3n) is 5.07. The summed E-state index contributed by atoms with van der Waals surface area (Å²) in [4.78, 5) is 18.7. The van der Waals surface area contributed by atoms with Crippen molar-refractivity contribution >= 4 is 32.5 Å². The second kappa shape index (κ2) is 8.27. The number of fused-ring (bicyclic) bond motifs is 1. The monoisotopic (exact) mass is 488 g/mol. The van der Waals surface area contributed by atoms with E-state index in [1.54, 1.807) is 4.72 Å². The van der Waals surface area contributed by atoms with E-state index >= 15 is 4.39 Å². The highest BCUT2D eigenvalue weighted by Gasteiger charge is 2.28. The summed E-state index contributed by atoms with van der Waals surface area (Å²) in [6.07, 6.45) is 2.43. The van der Waals surface area contributed by atoms with Crippen LogP contribution in [-0.2, 0) is 10.0 Å². The Morgan fingerprint density at radius 1 is 1.12 bits per heavy atom. The lowest BCUT2D eigenvalue weighted by Crippen LogP contribution is -2.18. The van der Waals surface area contributed by atoms with E-state index in [0.717, 1.165) is 6.20 Å². The molecular weight excluding hydrogens is 476 g/mol. The number of carbonyl (C=O) groups excluding carboxylic acids is 1. The quantitative estimate of drug-likeness (QED) is 0.321. The Hall–Kier alpha value is -4.24. The molecule has 172 valence electrons. The number of pyridine rings is 1. The zero-order valence-corrected chi connectivity index (χ0v) is 17.9. The summed E-state index contributed by atoms with van der Waals surface area (Å²) >= 11 is 0. The maximum atomic E-state index is 15.2. The van der Waals surface area contributed by atoms with Gasteiger partial charge in [0, 0.05) is 17.8 Å². The zero-order valence-electron chi connectivity index (χ0n) is 17.1. The van der Waals surface area contributed by atoms with Gasteiger partial charge in [-0.1, -0.05) is 0 Å². The lowest BCUT2D eigenvalue weighted by Gasteiger charge is -2.12. The number of carbonyl (C=O) groups is 1. The molecule has 0 radical (unpaired) electrons. The Bertz CT molecular complexity index is 1640. The van der Waals surface area contributed by atoms with Crippen LogP contribution in [0.2, 0.25) is 0 Å². The number of rotatable bonds is 5. The van der Waals surface area contributed by atoms with Crippen LogP contribution in [-0.4, -0.2) is 24.2 Å². The normalized spacial score (nSPS) is 11.4. The van der Waals surface area contributed by atoms with Crippen LogP contribution in [0, 0.1) is 41.5 Å².